The van der Waals surface area contributed by atoms with E-state index in [0.717, 1.165) is 50.8 Å². The van der Waals surface area contributed by atoms with Crippen molar-refractivity contribution in [2.45, 2.75) is 52.9 Å². The number of hydrogen-bond acceptors (Lipinski definition) is 5. The van der Waals surface area contributed by atoms with Gasteiger partial charge in [-0.2, -0.15) is 10.5 Å². The zero-order chi connectivity index (χ0) is 29.6. The van der Waals surface area contributed by atoms with Crippen LogP contribution in [0.25, 0.3) is 11.6 Å². The van der Waals surface area contributed by atoms with E-state index in [9.17, 15) is 10.5 Å². The van der Waals surface area contributed by atoms with Gasteiger partial charge in [0, 0.05) is 32.7 Å². The third kappa shape index (κ3) is 6.60. The number of hydrogen-bond donors (Lipinski definition) is 1. The van der Waals surface area contributed by atoms with Crippen LogP contribution in [0.2, 0.25) is 0 Å². The van der Waals surface area contributed by atoms with Crippen molar-refractivity contribution >= 4 is 34.4 Å². The van der Waals surface area contributed by atoms with Gasteiger partial charge < -0.3 is 10.6 Å². The Morgan fingerprint density at radius 2 is 1.63 bits per heavy atom. The quantitative estimate of drug-likeness (QED) is 0.221. The number of allylic oxidation sites excluding steroid dienone is 7. The molecule has 1 aliphatic rings. The lowest BCUT2D eigenvalue weighted by Crippen LogP contribution is -2.22. The largest absolute Gasteiger partial charge is 0.403 e. The molecule has 0 unspecified atom stereocenters. The lowest BCUT2D eigenvalue weighted by molar-refractivity contribution is 0.621. The van der Waals surface area contributed by atoms with Crippen LogP contribution >= 0.6 is 11.3 Å². The van der Waals surface area contributed by atoms with E-state index in [4.69, 9.17) is 5.73 Å². The van der Waals surface area contributed by atoms with Crippen molar-refractivity contribution in [3.63, 3.8) is 0 Å². The number of benzene rings is 2. The molecule has 2 N–H and O–H groups in total. The number of nitriles is 2. The van der Waals surface area contributed by atoms with Gasteiger partial charge in [0.1, 0.15) is 17.7 Å². The van der Waals surface area contributed by atoms with Crippen LogP contribution in [-0.2, 0) is 5.41 Å². The molecule has 0 saturated heterocycles. The molecule has 0 radical (unpaired) electrons. The highest BCUT2D eigenvalue weighted by molar-refractivity contribution is 7.13. The summed E-state index contributed by atoms with van der Waals surface area (Å²) >= 11 is 1.59. The first kappa shape index (κ1) is 29.4. The zero-order valence-electron chi connectivity index (χ0n) is 24.4. The summed E-state index contributed by atoms with van der Waals surface area (Å²) in [6.07, 6.45) is 14.1. The first-order valence-electron chi connectivity index (χ1n) is 13.7. The van der Waals surface area contributed by atoms with Gasteiger partial charge in [0.25, 0.3) is 0 Å². The van der Waals surface area contributed by atoms with Crippen LogP contribution in [0, 0.1) is 36.5 Å². The Hall–Kier alpha value is -4.58. The van der Waals surface area contributed by atoms with Crippen LogP contribution in [0.15, 0.2) is 102 Å². The minimum absolute atomic E-state index is 0.104. The third-order valence-electron chi connectivity index (χ3n) is 7.72. The molecule has 4 nitrogen and oxygen atoms in total. The fourth-order valence-corrected chi connectivity index (χ4v) is 6.17. The molecule has 206 valence electrons. The van der Waals surface area contributed by atoms with Crippen molar-refractivity contribution in [3.8, 4) is 12.1 Å². The minimum Gasteiger partial charge on any atom is -0.403 e. The van der Waals surface area contributed by atoms with Gasteiger partial charge in [0.2, 0.25) is 0 Å². The van der Waals surface area contributed by atoms with Crippen LogP contribution in [0.4, 0.5) is 11.4 Å². The Bertz CT molecular complexity index is 1630. The Balaban J connectivity index is 1.74. The van der Waals surface area contributed by atoms with Crippen molar-refractivity contribution in [2.75, 3.05) is 4.90 Å². The summed E-state index contributed by atoms with van der Waals surface area (Å²) in [4.78, 5) is 4.25. The summed E-state index contributed by atoms with van der Waals surface area (Å²) in [7, 11) is 0. The highest BCUT2D eigenvalue weighted by Gasteiger charge is 2.27. The summed E-state index contributed by atoms with van der Waals surface area (Å²) in [6.45, 7) is 10.7. The fraction of sp³-hybridized carbons (Fsp3) is 0.222. The molecule has 0 saturated carbocycles. The molecule has 4 rings (SSSR count). The average molecular weight is 557 g/mol. The van der Waals surface area contributed by atoms with Gasteiger partial charge in [-0.1, -0.05) is 67.5 Å². The van der Waals surface area contributed by atoms with Crippen molar-refractivity contribution in [3.05, 3.63) is 128 Å². The molecular formula is C36H36N4S. The maximum atomic E-state index is 9.20. The summed E-state index contributed by atoms with van der Waals surface area (Å²) in [6, 6.07) is 23.2. The van der Waals surface area contributed by atoms with E-state index in [1.54, 1.807) is 23.6 Å². The predicted octanol–water partition coefficient (Wildman–Crippen LogP) is 9.39. The molecule has 0 atom stereocenters. The fourth-order valence-electron chi connectivity index (χ4n) is 5.04. The van der Waals surface area contributed by atoms with Crippen LogP contribution in [0.1, 0.15) is 60.1 Å². The molecule has 5 heteroatoms. The Morgan fingerprint density at radius 3 is 2.20 bits per heavy atom. The Morgan fingerprint density at radius 1 is 1.00 bits per heavy atom. The van der Waals surface area contributed by atoms with E-state index in [1.165, 1.54) is 16.7 Å². The molecule has 1 aliphatic carbocycles. The Labute approximate surface area is 248 Å². The van der Waals surface area contributed by atoms with Gasteiger partial charge in [-0.3, -0.25) is 0 Å². The molecule has 0 bridgehead atoms. The molecule has 0 spiro atoms. The SMILES string of the molecule is C/C(=C\C(=C/N)N(c1ccc(C)cc1)c1ccc(C2=CC=CCC2)cc1)C(C)(C)c1cc(C=C(C#N)C#N)sc1C. The summed E-state index contributed by atoms with van der Waals surface area (Å²) < 4.78 is 0. The summed E-state index contributed by atoms with van der Waals surface area (Å²) in [5, 5.41) is 18.4. The second-order valence-corrected chi connectivity index (χ2v) is 12.1. The molecule has 1 heterocycles. The smallest absolute Gasteiger partial charge is 0.131 e. The first-order valence-corrected chi connectivity index (χ1v) is 14.6. The van der Waals surface area contributed by atoms with Crippen molar-refractivity contribution < 1.29 is 0 Å². The monoisotopic (exact) mass is 556 g/mol. The molecule has 0 amide bonds. The topological polar surface area (TPSA) is 76.8 Å². The van der Waals surface area contributed by atoms with Crippen LogP contribution in [-0.4, -0.2) is 0 Å². The van der Waals surface area contributed by atoms with Gasteiger partial charge in [0.15, 0.2) is 0 Å². The zero-order valence-corrected chi connectivity index (χ0v) is 25.2. The number of thiophene rings is 1. The maximum Gasteiger partial charge on any atom is 0.131 e. The van der Waals surface area contributed by atoms with Gasteiger partial charge in [-0.05, 0) is 92.8 Å². The summed E-state index contributed by atoms with van der Waals surface area (Å²) in [5.74, 6) is 0. The summed E-state index contributed by atoms with van der Waals surface area (Å²) in [5.41, 5.74) is 15.1. The van der Waals surface area contributed by atoms with E-state index in [-0.39, 0.29) is 11.0 Å². The second-order valence-electron chi connectivity index (χ2n) is 10.8. The van der Waals surface area contributed by atoms with E-state index < -0.39 is 0 Å². The second kappa shape index (κ2) is 12.7. The lowest BCUT2D eigenvalue weighted by Gasteiger charge is -2.30. The normalized spacial score (nSPS) is 13.7. The van der Waals surface area contributed by atoms with E-state index in [2.05, 4.69) is 118 Å². The highest BCUT2D eigenvalue weighted by Crippen LogP contribution is 2.40. The van der Waals surface area contributed by atoms with Crippen LogP contribution in [0.5, 0.6) is 0 Å². The first-order chi connectivity index (χ1) is 19.7. The standard InChI is InChI=1S/C36H36N4S/c1-25-11-15-31(16-12-25)40(32-17-13-30(14-18-32)29-9-7-6-8-10-29)33(24-39)19-26(2)36(4,5)35-21-34(41-27(35)3)20-28(22-37)23-38/h6-7,9,11-21,24H,8,10,39H2,1-5H3/b26-19+,33-24+. The number of anilines is 2. The molecule has 3 aromatic rings. The Kier molecular flexibility index (Phi) is 9.13. The lowest BCUT2D eigenvalue weighted by atomic mass is 9.78. The van der Waals surface area contributed by atoms with E-state index in [1.807, 2.05) is 12.1 Å². The highest BCUT2D eigenvalue weighted by atomic mass is 32.1. The van der Waals surface area contributed by atoms with Gasteiger partial charge >= 0.3 is 0 Å². The number of nitrogens with two attached hydrogens (primary N) is 1. The molecule has 1 aromatic heterocycles. The van der Waals surface area contributed by atoms with Gasteiger partial charge in [0.05, 0.1) is 5.70 Å². The molecule has 41 heavy (non-hydrogen) atoms. The molecule has 0 aliphatic heterocycles. The molecule has 0 fully saturated rings. The van der Waals surface area contributed by atoms with E-state index in [0.29, 0.717) is 0 Å². The molecular weight excluding hydrogens is 520 g/mol. The third-order valence-corrected chi connectivity index (χ3v) is 8.72. The predicted molar refractivity (Wildman–Crippen MR) is 173 cm³/mol. The minimum atomic E-state index is -0.315. The number of nitrogens with zero attached hydrogens (tertiary/aromatic N) is 3. The number of aryl methyl sites for hydroxylation is 2. The van der Waals surface area contributed by atoms with Crippen molar-refractivity contribution in [1.82, 2.24) is 0 Å². The average Bonchev–Trinajstić information content (AvgIpc) is 3.37. The van der Waals surface area contributed by atoms with E-state index >= 15 is 0 Å². The van der Waals surface area contributed by atoms with Gasteiger partial charge in [-0.15, -0.1) is 11.3 Å². The maximum absolute atomic E-state index is 9.20. The van der Waals surface area contributed by atoms with Crippen molar-refractivity contribution in [2.24, 2.45) is 5.73 Å². The molecule has 2 aromatic carbocycles. The van der Waals surface area contributed by atoms with Crippen LogP contribution < -0.4 is 10.6 Å². The number of rotatable bonds is 8. The van der Waals surface area contributed by atoms with Gasteiger partial charge in [-0.25, -0.2) is 0 Å². The van der Waals surface area contributed by atoms with Crippen molar-refractivity contribution in [1.29, 1.82) is 10.5 Å². The van der Waals surface area contributed by atoms with Crippen LogP contribution in [0.3, 0.4) is 0 Å².